The molecule has 0 spiro atoms. The number of benzene rings is 1. The maximum absolute atomic E-state index is 13.0. The molecule has 0 fully saturated rings. The first-order valence-corrected chi connectivity index (χ1v) is 6.34. The molecular weight excluding hydrogens is 301 g/mol. The Hall–Kier alpha value is -1.33. The fourth-order valence-corrected chi connectivity index (χ4v) is 1.79. The predicted octanol–water partition coefficient (Wildman–Crippen LogP) is 3.35. The Morgan fingerprint density at radius 3 is 2.94 bits per heavy atom. The molecule has 3 nitrogen and oxygen atoms in total. The summed E-state index contributed by atoms with van der Waals surface area (Å²) in [6, 6.07) is 6.50. The van der Waals surface area contributed by atoms with Gasteiger partial charge in [0, 0.05) is 18.7 Å². The summed E-state index contributed by atoms with van der Waals surface area (Å²) in [4.78, 5) is 0. The molecule has 0 radical (unpaired) electrons. The number of ether oxygens (including phenoxy) is 1. The van der Waals surface area contributed by atoms with Gasteiger partial charge in [-0.15, -0.1) is 0 Å². The van der Waals surface area contributed by atoms with E-state index in [1.165, 1.54) is 6.07 Å². The quantitative estimate of drug-likeness (QED) is 0.830. The van der Waals surface area contributed by atoms with Gasteiger partial charge in [0.05, 0.1) is 17.0 Å². The van der Waals surface area contributed by atoms with Gasteiger partial charge in [-0.3, -0.25) is 0 Å². The van der Waals surface area contributed by atoms with Crippen LogP contribution in [-0.2, 0) is 6.54 Å². The molecule has 96 valence electrons. The molecular formula is C13H13BrFNO2. The highest BCUT2D eigenvalue weighted by molar-refractivity contribution is 9.10. The largest absolute Gasteiger partial charge is 0.492 e. The second-order valence-electron chi connectivity index (χ2n) is 3.73. The van der Waals surface area contributed by atoms with Crippen molar-refractivity contribution in [3.63, 3.8) is 0 Å². The molecule has 5 heteroatoms. The van der Waals surface area contributed by atoms with Gasteiger partial charge >= 0.3 is 0 Å². The molecule has 0 aliphatic heterocycles. The van der Waals surface area contributed by atoms with Gasteiger partial charge in [0.15, 0.2) is 0 Å². The minimum absolute atomic E-state index is 0.291. The average Bonchev–Trinajstić information content (AvgIpc) is 2.86. The maximum atomic E-state index is 13.0. The normalized spacial score (nSPS) is 10.6. The first-order valence-electron chi connectivity index (χ1n) is 5.55. The zero-order valence-corrected chi connectivity index (χ0v) is 11.2. The minimum Gasteiger partial charge on any atom is -0.492 e. The summed E-state index contributed by atoms with van der Waals surface area (Å²) in [7, 11) is 0. The standard InChI is InChI=1S/C13H13BrFNO2/c14-12-7-11(1-2-13(12)15)18-6-4-16-8-10-3-5-17-9-10/h1-3,5,7,9,16H,4,6,8H2. The molecule has 0 amide bonds. The van der Waals surface area contributed by atoms with Crippen molar-refractivity contribution in [1.29, 1.82) is 0 Å². The van der Waals surface area contributed by atoms with Crippen LogP contribution in [0.2, 0.25) is 0 Å². The van der Waals surface area contributed by atoms with Crippen LogP contribution in [0.5, 0.6) is 5.75 Å². The van der Waals surface area contributed by atoms with E-state index in [0.29, 0.717) is 23.4 Å². The second kappa shape index (κ2) is 6.56. The molecule has 0 saturated carbocycles. The van der Waals surface area contributed by atoms with Crippen molar-refractivity contribution in [2.24, 2.45) is 0 Å². The SMILES string of the molecule is Fc1ccc(OCCNCc2ccoc2)cc1Br. The lowest BCUT2D eigenvalue weighted by molar-refractivity contribution is 0.313. The van der Waals surface area contributed by atoms with E-state index < -0.39 is 0 Å². The van der Waals surface area contributed by atoms with Crippen LogP contribution in [0.3, 0.4) is 0 Å². The molecule has 2 rings (SSSR count). The Kier molecular flexibility index (Phi) is 4.78. The van der Waals surface area contributed by atoms with E-state index >= 15 is 0 Å². The molecule has 0 bridgehead atoms. The highest BCUT2D eigenvalue weighted by atomic mass is 79.9. The smallest absolute Gasteiger partial charge is 0.137 e. The van der Waals surface area contributed by atoms with Crippen molar-refractivity contribution in [2.45, 2.75) is 6.54 Å². The summed E-state index contributed by atoms with van der Waals surface area (Å²) in [6.07, 6.45) is 3.34. The van der Waals surface area contributed by atoms with Gasteiger partial charge in [-0.2, -0.15) is 0 Å². The Morgan fingerprint density at radius 2 is 2.22 bits per heavy atom. The molecule has 0 saturated heterocycles. The summed E-state index contributed by atoms with van der Waals surface area (Å²) >= 11 is 3.11. The Morgan fingerprint density at radius 1 is 1.33 bits per heavy atom. The van der Waals surface area contributed by atoms with Gasteiger partial charge in [-0.05, 0) is 40.2 Å². The molecule has 1 N–H and O–H groups in total. The maximum Gasteiger partial charge on any atom is 0.137 e. The van der Waals surface area contributed by atoms with Crippen molar-refractivity contribution in [3.05, 3.63) is 52.6 Å². The van der Waals surface area contributed by atoms with E-state index in [1.54, 1.807) is 24.7 Å². The molecule has 0 atom stereocenters. The zero-order chi connectivity index (χ0) is 12.8. The Labute approximate surface area is 113 Å². The zero-order valence-electron chi connectivity index (χ0n) is 9.66. The summed E-state index contributed by atoms with van der Waals surface area (Å²) < 4.78 is 23.8. The number of hydrogen-bond acceptors (Lipinski definition) is 3. The number of rotatable bonds is 6. The summed E-state index contributed by atoms with van der Waals surface area (Å²) in [5.74, 6) is 0.355. The van der Waals surface area contributed by atoms with Gasteiger partial charge < -0.3 is 14.5 Å². The van der Waals surface area contributed by atoms with Crippen molar-refractivity contribution >= 4 is 15.9 Å². The van der Waals surface area contributed by atoms with E-state index in [-0.39, 0.29) is 5.82 Å². The lowest BCUT2D eigenvalue weighted by Crippen LogP contribution is -2.20. The molecule has 0 aliphatic carbocycles. The molecule has 2 aromatic rings. The highest BCUT2D eigenvalue weighted by Gasteiger charge is 2.01. The van der Waals surface area contributed by atoms with Crippen LogP contribution in [0.25, 0.3) is 0 Å². The van der Waals surface area contributed by atoms with E-state index in [0.717, 1.165) is 12.1 Å². The van der Waals surface area contributed by atoms with Gasteiger partial charge in [0.1, 0.15) is 18.2 Å². The topological polar surface area (TPSA) is 34.4 Å². The van der Waals surface area contributed by atoms with Gasteiger partial charge in [0.2, 0.25) is 0 Å². The molecule has 0 aliphatic rings. The number of furan rings is 1. The van der Waals surface area contributed by atoms with Crippen LogP contribution in [0.15, 0.2) is 45.7 Å². The Bertz CT molecular complexity index is 488. The summed E-state index contributed by atoms with van der Waals surface area (Å²) in [5.41, 5.74) is 1.10. The molecule has 1 aromatic heterocycles. The minimum atomic E-state index is -0.291. The van der Waals surface area contributed by atoms with Gasteiger partial charge in [-0.1, -0.05) is 0 Å². The molecule has 1 heterocycles. The Balaban J connectivity index is 1.67. The van der Waals surface area contributed by atoms with Crippen molar-refractivity contribution < 1.29 is 13.5 Å². The third kappa shape index (κ3) is 3.85. The number of halogens is 2. The van der Waals surface area contributed by atoms with E-state index in [4.69, 9.17) is 9.15 Å². The third-order valence-corrected chi connectivity index (χ3v) is 2.96. The molecule has 18 heavy (non-hydrogen) atoms. The lowest BCUT2D eigenvalue weighted by Gasteiger charge is -2.07. The van der Waals surface area contributed by atoms with Gasteiger partial charge in [0.25, 0.3) is 0 Å². The summed E-state index contributed by atoms with van der Waals surface area (Å²) in [5, 5.41) is 3.21. The average molecular weight is 314 g/mol. The fraction of sp³-hybridized carbons (Fsp3) is 0.231. The summed E-state index contributed by atoms with van der Waals surface area (Å²) in [6.45, 7) is 1.98. The first-order chi connectivity index (χ1) is 8.75. The van der Waals surface area contributed by atoms with Gasteiger partial charge in [-0.25, -0.2) is 4.39 Å². The van der Waals surface area contributed by atoms with Crippen LogP contribution < -0.4 is 10.1 Å². The fourth-order valence-electron chi connectivity index (χ4n) is 1.43. The second-order valence-corrected chi connectivity index (χ2v) is 4.59. The lowest BCUT2D eigenvalue weighted by atomic mass is 10.3. The van der Waals surface area contributed by atoms with Crippen LogP contribution >= 0.6 is 15.9 Å². The van der Waals surface area contributed by atoms with E-state index in [1.807, 2.05) is 6.07 Å². The third-order valence-electron chi connectivity index (χ3n) is 2.35. The van der Waals surface area contributed by atoms with Crippen LogP contribution in [0.1, 0.15) is 5.56 Å². The first kappa shape index (κ1) is 13.1. The monoisotopic (exact) mass is 313 g/mol. The highest BCUT2D eigenvalue weighted by Crippen LogP contribution is 2.21. The van der Waals surface area contributed by atoms with E-state index in [2.05, 4.69) is 21.2 Å². The molecule has 1 aromatic carbocycles. The van der Waals surface area contributed by atoms with Crippen LogP contribution in [-0.4, -0.2) is 13.2 Å². The number of nitrogens with one attached hydrogen (secondary N) is 1. The van der Waals surface area contributed by atoms with Crippen molar-refractivity contribution in [2.75, 3.05) is 13.2 Å². The van der Waals surface area contributed by atoms with Crippen molar-refractivity contribution in [1.82, 2.24) is 5.32 Å². The van der Waals surface area contributed by atoms with Crippen molar-refractivity contribution in [3.8, 4) is 5.75 Å². The van der Waals surface area contributed by atoms with E-state index in [9.17, 15) is 4.39 Å². The number of hydrogen-bond donors (Lipinski definition) is 1. The predicted molar refractivity (Wildman–Crippen MR) is 70.0 cm³/mol. The van der Waals surface area contributed by atoms with Crippen LogP contribution in [0, 0.1) is 5.82 Å². The molecule has 0 unspecified atom stereocenters. The van der Waals surface area contributed by atoms with Crippen LogP contribution in [0.4, 0.5) is 4.39 Å².